The number of benzene rings is 3. The topological polar surface area (TPSA) is 59.8 Å². The van der Waals surface area contributed by atoms with Crippen LogP contribution in [-0.2, 0) is 4.79 Å². The van der Waals surface area contributed by atoms with Crippen molar-refractivity contribution < 1.29 is 13.6 Å². The van der Waals surface area contributed by atoms with Gasteiger partial charge in [0, 0.05) is 10.7 Å². The molecular weight excluding hydrogens is 454 g/mol. The van der Waals surface area contributed by atoms with Crippen molar-refractivity contribution in [3.05, 3.63) is 89.0 Å². The zero-order chi connectivity index (χ0) is 22.7. The molecule has 4 rings (SSSR count). The Kier molecular flexibility index (Phi) is 6.53. The molecule has 1 N–H and O–H groups in total. The summed E-state index contributed by atoms with van der Waals surface area (Å²) in [4.78, 5) is 12.4. The number of carbonyl (C=O) groups is 1. The fourth-order valence-electron chi connectivity index (χ4n) is 3.01. The zero-order valence-corrected chi connectivity index (χ0v) is 18.4. The first-order valence-corrected chi connectivity index (χ1v) is 10.9. The van der Waals surface area contributed by atoms with E-state index in [-0.39, 0.29) is 16.5 Å². The van der Waals surface area contributed by atoms with E-state index in [0.717, 1.165) is 29.1 Å². The summed E-state index contributed by atoms with van der Waals surface area (Å²) in [6.45, 7) is 1.96. The first kappa shape index (κ1) is 22.0. The molecule has 0 aliphatic heterocycles. The van der Waals surface area contributed by atoms with Crippen LogP contribution in [0.1, 0.15) is 5.56 Å². The lowest BCUT2D eigenvalue weighted by Gasteiger charge is -2.11. The summed E-state index contributed by atoms with van der Waals surface area (Å²) >= 11 is 6.85. The lowest BCUT2D eigenvalue weighted by atomic mass is 10.2. The summed E-state index contributed by atoms with van der Waals surface area (Å²) < 4.78 is 30.1. The van der Waals surface area contributed by atoms with E-state index < -0.39 is 17.5 Å². The Morgan fingerprint density at radius 3 is 2.50 bits per heavy atom. The van der Waals surface area contributed by atoms with Crippen molar-refractivity contribution in [2.45, 2.75) is 12.1 Å². The van der Waals surface area contributed by atoms with E-state index in [0.29, 0.717) is 16.5 Å². The van der Waals surface area contributed by atoms with Gasteiger partial charge in [-0.15, -0.1) is 10.2 Å². The molecule has 3 aromatic carbocycles. The van der Waals surface area contributed by atoms with Gasteiger partial charge in [0.15, 0.2) is 11.0 Å². The van der Waals surface area contributed by atoms with Crippen LogP contribution in [0, 0.1) is 18.6 Å². The first-order chi connectivity index (χ1) is 15.4. The molecule has 0 saturated heterocycles. The van der Waals surface area contributed by atoms with Crippen LogP contribution in [-0.4, -0.2) is 26.4 Å². The molecule has 1 heterocycles. The van der Waals surface area contributed by atoms with Crippen molar-refractivity contribution in [2.24, 2.45) is 0 Å². The number of anilines is 1. The van der Waals surface area contributed by atoms with Crippen LogP contribution in [0.4, 0.5) is 14.5 Å². The van der Waals surface area contributed by atoms with Gasteiger partial charge in [-0.1, -0.05) is 53.2 Å². The molecule has 0 unspecified atom stereocenters. The highest BCUT2D eigenvalue weighted by atomic mass is 35.5. The summed E-state index contributed by atoms with van der Waals surface area (Å²) in [5.74, 6) is -1.22. The Bertz CT molecular complexity index is 1280. The third kappa shape index (κ3) is 4.81. The molecule has 1 aromatic heterocycles. The average molecular weight is 471 g/mol. The summed E-state index contributed by atoms with van der Waals surface area (Å²) in [5, 5.41) is 11.5. The van der Waals surface area contributed by atoms with E-state index in [9.17, 15) is 13.6 Å². The van der Waals surface area contributed by atoms with Gasteiger partial charge in [0.25, 0.3) is 0 Å². The second kappa shape index (κ2) is 9.50. The predicted octanol–water partition coefficient (Wildman–Crippen LogP) is 5.91. The van der Waals surface area contributed by atoms with Gasteiger partial charge >= 0.3 is 0 Å². The molecule has 0 radical (unpaired) electrons. The number of aryl methyl sites for hydroxylation is 1. The Hall–Kier alpha value is -3.23. The number of amides is 1. The molecule has 0 aliphatic carbocycles. The van der Waals surface area contributed by atoms with Crippen molar-refractivity contribution in [2.75, 3.05) is 11.1 Å². The van der Waals surface area contributed by atoms with Gasteiger partial charge in [-0.2, -0.15) is 0 Å². The highest BCUT2D eigenvalue weighted by Crippen LogP contribution is 2.29. The van der Waals surface area contributed by atoms with Gasteiger partial charge in [-0.25, -0.2) is 8.78 Å². The molecule has 0 fully saturated rings. The van der Waals surface area contributed by atoms with Gasteiger partial charge in [0.1, 0.15) is 11.6 Å². The second-order valence-corrected chi connectivity index (χ2v) is 8.30. The van der Waals surface area contributed by atoms with E-state index >= 15 is 0 Å². The van der Waals surface area contributed by atoms with Crippen molar-refractivity contribution in [1.29, 1.82) is 0 Å². The van der Waals surface area contributed by atoms with Crippen LogP contribution >= 0.6 is 23.4 Å². The van der Waals surface area contributed by atoms with Crippen molar-refractivity contribution in [3.63, 3.8) is 0 Å². The third-order valence-corrected chi connectivity index (χ3v) is 5.74. The summed E-state index contributed by atoms with van der Waals surface area (Å²) in [5.41, 5.74) is 2.12. The van der Waals surface area contributed by atoms with E-state index in [1.165, 1.54) is 18.2 Å². The molecule has 5 nitrogen and oxygen atoms in total. The number of hydrogen-bond acceptors (Lipinski definition) is 4. The molecule has 0 spiro atoms. The summed E-state index contributed by atoms with van der Waals surface area (Å²) in [7, 11) is 0. The average Bonchev–Trinajstić information content (AvgIpc) is 3.19. The minimum atomic E-state index is -0.625. The van der Waals surface area contributed by atoms with Crippen LogP contribution in [0.15, 0.2) is 71.9 Å². The van der Waals surface area contributed by atoms with E-state index in [2.05, 4.69) is 15.5 Å². The molecule has 0 saturated carbocycles. The van der Waals surface area contributed by atoms with Crippen LogP contribution in [0.5, 0.6) is 0 Å². The van der Waals surface area contributed by atoms with Crippen LogP contribution in [0.2, 0.25) is 5.02 Å². The SMILES string of the molecule is Cc1ccc(-n2c(SCC(=O)Nc3ccc(Cl)cc3F)nnc2-c2ccccc2F)cc1. The maximum Gasteiger partial charge on any atom is 0.234 e. The van der Waals surface area contributed by atoms with Gasteiger partial charge < -0.3 is 5.32 Å². The molecule has 9 heteroatoms. The summed E-state index contributed by atoms with van der Waals surface area (Å²) in [6, 6.07) is 17.9. The number of rotatable bonds is 6. The number of halogens is 3. The molecule has 32 heavy (non-hydrogen) atoms. The number of nitrogens with one attached hydrogen (secondary N) is 1. The minimum Gasteiger partial charge on any atom is -0.323 e. The molecule has 0 bridgehead atoms. The lowest BCUT2D eigenvalue weighted by molar-refractivity contribution is -0.113. The van der Waals surface area contributed by atoms with E-state index in [1.54, 1.807) is 22.8 Å². The lowest BCUT2D eigenvalue weighted by Crippen LogP contribution is -2.15. The maximum atomic E-state index is 14.5. The van der Waals surface area contributed by atoms with Crippen molar-refractivity contribution >= 4 is 35.0 Å². The first-order valence-electron chi connectivity index (χ1n) is 9.57. The van der Waals surface area contributed by atoms with Crippen molar-refractivity contribution in [3.8, 4) is 17.1 Å². The highest BCUT2D eigenvalue weighted by molar-refractivity contribution is 7.99. The zero-order valence-electron chi connectivity index (χ0n) is 16.8. The maximum absolute atomic E-state index is 14.5. The number of hydrogen-bond donors (Lipinski definition) is 1. The van der Waals surface area contributed by atoms with Crippen LogP contribution < -0.4 is 5.32 Å². The van der Waals surface area contributed by atoms with Crippen LogP contribution in [0.25, 0.3) is 17.1 Å². The normalized spacial score (nSPS) is 10.9. The van der Waals surface area contributed by atoms with Gasteiger partial charge in [-0.3, -0.25) is 9.36 Å². The van der Waals surface area contributed by atoms with Gasteiger partial charge in [0.2, 0.25) is 5.91 Å². The molecule has 4 aromatic rings. The molecule has 162 valence electrons. The van der Waals surface area contributed by atoms with Gasteiger partial charge in [-0.05, 0) is 49.4 Å². The largest absolute Gasteiger partial charge is 0.323 e. The molecular formula is C23H17ClF2N4OS. The number of aromatic nitrogens is 3. The second-order valence-electron chi connectivity index (χ2n) is 6.92. The summed E-state index contributed by atoms with van der Waals surface area (Å²) in [6.07, 6.45) is 0. The fraction of sp³-hybridized carbons (Fsp3) is 0.0870. The van der Waals surface area contributed by atoms with E-state index in [1.807, 2.05) is 31.2 Å². The Balaban J connectivity index is 1.61. The smallest absolute Gasteiger partial charge is 0.234 e. The standard InChI is InChI=1S/C23H17ClF2N4OS/c1-14-6-9-16(10-7-14)30-22(17-4-2-3-5-18(17)25)28-29-23(30)32-13-21(31)27-20-11-8-15(24)12-19(20)26/h2-12H,13H2,1H3,(H,27,31). The van der Waals surface area contributed by atoms with Crippen molar-refractivity contribution in [1.82, 2.24) is 14.8 Å². The predicted molar refractivity (Wildman–Crippen MR) is 122 cm³/mol. The Labute approximate surface area is 192 Å². The third-order valence-electron chi connectivity index (χ3n) is 4.58. The quantitative estimate of drug-likeness (QED) is 0.356. The van der Waals surface area contributed by atoms with E-state index in [4.69, 9.17) is 11.6 Å². The fourth-order valence-corrected chi connectivity index (χ4v) is 3.92. The number of carbonyl (C=O) groups excluding carboxylic acids is 1. The monoisotopic (exact) mass is 470 g/mol. The molecule has 0 atom stereocenters. The number of nitrogens with zero attached hydrogens (tertiary/aromatic N) is 3. The Morgan fingerprint density at radius 2 is 1.78 bits per heavy atom. The minimum absolute atomic E-state index is 0.0343. The number of thioether (sulfide) groups is 1. The van der Waals surface area contributed by atoms with Crippen LogP contribution in [0.3, 0.4) is 0 Å². The highest BCUT2D eigenvalue weighted by Gasteiger charge is 2.19. The Morgan fingerprint density at radius 1 is 1.03 bits per heavy atom. The molecule has 1 amide bonds. The van der Waals surface area contributed by atoms with Gasteiger partial charge in [0.05, 0.1) is 17.0 Å². The molecule has 0 aliphatic rings.